The van der Waals surface area contributed by atoms with Gasteiger partial charge in [-0.05, 0) is 42.7 Å². The second-order valence-corrected chi connectivity index (χ2v) is 9.14. The molecule has 2 amide bonds. The van der Waals surface area contributed by atoms with Crippen molar-refractivity contribution in [1.29, 1.82) is 0 Å². The number of morpholine rings is 1. The van der Waals surface area contributed by atoms with Crippen molar-refractivity contribution in [3.05, 3.63) is 82.2 Å². The molecular weight excluding hydrogens is 454 g/mol. The van der Waals surface area contributed by atoms with Crippen molar-refractivity contribution in [3.63, 3.8) is 0 Å². The summed E-state index contributed by atoms with van der Waals surface area (Å²) in [5, 5.41) is 2.70. The summed E-state index contributed by atoms with van der Waals surface area (Å²) in [4.78, 5) is 35.9. The Kier molecular flexibility index (Phi) is 5.29. The minimum atomic E-state index is -0.771. The van der Waals surface area contributed by atoms with Crippen LogP contribution < -0.4 is 5.32 Å². The van der Waals surface area contributed by atoms with E-state index in [4.69, 9.17) is 4.74 Å². The van der Waals surface area contributed by atoms with Crippen LogP contribution in [0.5, 0.6) is 0 Å². The normalized spacial score (nSPS) is 20.6. The third kappa shape index (κ3) is 3.95. The molecule has 9 heteroatoms. The smallest absolute Gasteiger partial charge is 0.255 e. The lowest BCUT2D eigenvalue weighted by molar-refractivity contribution is -0.0303. The van der Waals surface area contributed by atoms with Gasteiger partial charge in [0.1, 0.15) is 11.6 Å². The van der Waals surface area contributed by atoms with Gasteiger partial charge >= 0.3 is 0 Å². The number of benzene rings is 2. The van der Waals surface area contributed by atoms with E-state index < -0.39 is 11.6 Å². The van der Waals surface area contributed by atoms with E-state index in [-0.39, 0.29) is 48.4 Å². The molecule has 2 saturated heterocycles. The van der Waals surface area contributed by atoms with Gasteiger partial charge in [-0.25, -0.2) is 18.7 Å². The topological polar surface area (TPSA) is 84.4 Å². The zero-order valence-electron chi connectivity index (χ0n) is 18.8. The molecule has 4 heterocycles. The number of likely N-dealkylation sites (tertiary alicyclic amines) is 1. The predicted octanol–water partition coefficient (Wildman–Crippen LogP) is 3.26. The summed E-state index contributed by atoms with van der Waals surface area (Å²) >= 11 is 0. The molecule has 35 heavy (non-hydrogen) atoms. The number of hydrogen-bond acceptors (Lipinski definition) is 5. The van der Waals surface area contributed by atoms with Gasteiger partial charge in [-0.1, -0.05) is 18.2 Å². The second kappa shape index (κ2) is 8.49. The number of rotatable bonds is 4. The van der Waals surface area contributed by atoms with Crippen LogP contribution in [0.4, 0.5) is 8.78 Å². The lowest BCUT2D eigenvalue weighted by Crippen LogP contribution is -2.45. The van der Waals surface area contributed by atoms with Crippen LogP contribution in [-0.2, 0) is 17.7 Å². The van der Waals surface area contributed by atoms with Crippen molar-refractivity contribution >= 4 is 11.8 Å². The number of ether oxygens (including phenoxy) is 1. The molecule has 3 aliphatic rings. The molecule has 2 bridgehead atoms. The van der Waals surface area contributed by atoms with Gasteiger partial charge in [0, 0.05) is 25.1 Å². The van der Waals surface area contributed by atoms with Gasteiger partial charge in [0.25, 0.3) is 11.8 Å². The van der Waals surface area contributed by atoms with E-state index in [1.807, 2.05) is 17.0 Å². The molecule has 2 unspecified atom stereocenters. The highest BCUT2D eigenvalue weighted by molar-refractivity contribution is 5.99. The Morgan fingerprint density at radius 2 is 1.69 bits per heavy atom. The highest BCUT2D eigenvalue weighted by atomic mass is 19.1. The van der Waals surface area contributed by atoms with Crippen molar-refractivity contribution in [1.82, 2.24) is 20.2 Å². The quantitative estimate of drug-likeness (QED) is 0.625. The van der Waals surface area contributed by atoms with Gasteiger partial charge < -0.3 is 15.0 Å². The molecule has 2 atom stereocenters. The molecule has 0 radical (unpaired) electrons. The molecule has 0 spiro atoms. The van der Waals surface area contributed by atoms with E-state index in [0.717, 1.165) is 30.5 Å². The molecule has 6 rings (SSSR count). The second-order valence-electron chi connectivity index (χ2n) is 9.14. The number of fused-ring (bicyclic) bond motifs is 3. The van der Waals surface area contributed by atoms with Gasteiger partial charge in [-0.3, -0.25) is 9.59 Å². The van der Waals surface area contributed by atoms with E-state index in [1.54, 1.807) is 12.1 Å². The zero-order valence-corrected chi connectivity index (χ0v) is 18.8. The molecule has 2 fully saturated rings. The molecule has 178 valence electrons. The third-order valence-corrected chi connectivity index (χ3v) is 6.79. The number of halogens is 2. The number of aromatic nitrogens is 2. The fraction of sp³-hybridized carbons (Fsp3) is 0.308. The minimum Gasteiger partial charge on any atom is -0.371 e. The zero-order chi connectivity index (χ0) is 24.1. The van der Waals surface area contributed by atoms with Crippen LogP contribution in [0, 0.1) is 11.6 Å². The van der Waals surface area contributed by atoms with Crippen molar-refractivity contribution in [2.75, 3.05) is 13.1 Å². The Labute approximate surface area is 200 Å². The molecule has 3 aliphatic heterocycles. The summed E-state index contributed by atoms with van der Waals surface area (Å²) in [5.41, 5.74) is 2.18. The fourth-order valence-electron chi connectivity index (χ4n) is 5.07. The van der Waals surface area contributed by atoms with Gasteiger partial charge in [-0.15, -0.1) is 0 Å². The van der Waals surface area contributed by atoms with Crippen LogP contribution >= 0.6 is 0 Å². The summed E-state index contributed by atoms with van der Waals surface area (Å²) in [6, 6.07) is 10.7. The van der Waals surface area contributed by atoms with Gasteiger partial charge in [0.05, 0.1) is 41.3 Å². The van der Waals surface area contributed by atoms with E-state index in [0.29, 0.717) is 35.6 Å². The summed E-state index contributed by atoms with van der Waals surface area (Å²) in [5.74, 6) is -1.99. The molecule has 7 nitrogen and oxygen atoms in total. The van der Waals surface area contributed by atoms with Crippen LogP contribution in [0.15, 0.2) is 42.5 Å². The summed E-state index contributed by atoms with van der Waals surface area (Å²) < 4.78 is 34.6. The maximum absolute atomic E-state index is 14.4. The Hall–Kier alpha value is -3.72. The number of carbonyl (C=O) groups is 2. The Balaban J connectivity index is 1.28. The Morgan fingerprint density at radius 1 is 1.00 bits per heavy atom. The third-order valence-electron chi connectivity index (χ3n) is 6.79. The first-order chi connectivity index (χ1) is 17.0. The van der Waals surface area contributed by atoms with Crippen molar-refractivity contribution < 1.29 is 23.1 Å². The summed E-state index contributed by atoms with van der Waals surface area (Å²) in [6.07, 6.45) is 2.47. The van der Waals surface area contributed by atoms with Crippen LogP contribution in [0.3, 0.4) is 0 Å². The largest absolute Gasteiger partial charge is 0.371 e. The van der Waals surface area contributed by atoms with Gasteiger partial charge in [-0.2, -0.15) is 0 Å². The Bertz CT molecular complexity index is 1310. The lowest BCUT2D eigenvalue weighted by atomic mass is 10.0. The number of amides is 2. The highest BCUT2D eigenvalue weighted by Gasteiger charge is 2.36. The van der Waals surface area contributed by atoms with E-state index >= 15 is 0 Å². The molecule has 0 aliphatic carbocycles. The minimum absolute atomic E-state index is 0.0311. The first kappa shape index (κ1) is 21.8. The Morgan fingerprint density at radius 3 is 2.37 bits per heavy atom. The number of carbonyl (C=O) groups excluding carboxylic acids is 2. The van der Waals surface area contributed by atoms with Crippen molar-refractivity contribution in [2.24, 2.45) is 0 Å². The van der Waals surface area contributed by atoms with Gasteiger partial charge in [0.2, 0.25) is 0 Å². The average Bonchev–Trinajstić information content (AvgIpc) is 3.40. The number of hydrogen-bond donors (Lipinski definition) is 1. The van der Waals surface area contributed by atoms with Crippen molar-refractivity contribution in [3.8, 4) is 11.4 Å². The van der Waals surface area contributed by atoms with E-state index in [1.165, 1.54) is 6.07 Å². The number of nitrogens with zero attached hydrogens (tertiary/aromatic N) is 3. The van der Waals surface area contributed by atoms with E-state index in [2.05, 4.69) is 15.3 Å². The first-order valence-corrected chi connectivity index (χ1v) is 11.6. The molecule has 1 N–H and O–H groups in total. The fourth-order valence-corrected chi connectivity index (χ4v) is 5.07. The maximum atomic E-state index is 14.4. The van der Waals surface area contributed by atoms with Crippen LogP contribution in [-0.4, -0.2) is 52.0 Å². The van der Waals surface area contributed by atoms with Crippen LogP contribution in [0.2, 0.25) is 0 Å². The molecule has 0 saturated carbocycles. The first-order valence-electron chi connectivity index (χ1n) is 11.6. The van der Waals surface area contributed by atoms with Crippen LogP contribution in [0.25, 0.3) is 11.4 Å². The standard InChI is InChI=1S/C26H22F2N4O3/c27-18-2-1-3-19(28)22(18)24-30-20(23-21(31-24)11-29-25(23)33)10-14-4-6-15(7-5-14)26(34)32-12-16-8-9-17(13-32)35-16/h1-7,16-17H,8-13H2,(H,29,33). The summed E-state index contributed by atoms with van der Waals surface area (Å²) in [6.45, 7) is 1.38. The lowest BCUT2D eigenvalue weighted by Gasteiger charge is -2.32. The molecule has 3 aromatic rings. The van der Waals surface area contributed by atoms with E-state index in [9.17, 15) is 18.4 Å². The predicted molar refractivity (Wildman–Crippen MR) is 122 cm³/mol. The summed E-state index contributed by atoms with van der Waals surface area (Å²) in [7, 11) is 0. The van der Waals surface area contributed by atoms with Crippen LogP contribution in [0.1, 0.15) is 50.5 Å². The number of nitrogens with one attached hydrogen (secondary N) is 1. The SMILES string of the molecule is O=C1NCc2nc(-c3c(F)cccc3F)nc(Cc3ccc(C(=O)N4CC5CCC(C4)O5)cc3)c21. The van der Waals surface area contributed by atoms with Crippen molar-refractivity contribution in [2.45, 2.75) is 38.0 Å². The van der Waals surface area contributed by atoms with Gasteiger partial charge in [0.15, 0.2) is 5.82 Å². The monoisotopic (exact) mass is 476 g/mol. The molecule has 1 aromatic heterocycles. The highest BCUT2D eigenvalue weighted by Crippen LogP contribution is 2.29. The maximum Gasteiger partial charge on any atom is 0.255 e. The molecular formula is C26H22F2N4O3. The molecule has 2 aromatic carbocycles. The average molecular weight is 476 g/mol.